The third-order valence-electron chi connectivity index (χ3n) is 4.26. The number of rotatable bonds is 5. The number of amides is 1. The molecule has 1 amide bonds. The van der Waals surface area contributed by atoms with Crippen LogP contribution in [0.5, 0.6) is 0 Å². The molecular weight excluding hydrogens is 360 g/mol. The number of aromatic nitrogens is 3. The molecule has 0 aliphatic heterocycles. The van der Waals surface area contributed by atoms with Gasteiger partial charge in [-0.25, -0.2) is 4.98 Å². The Morgan fingerprint density at radius 3 is 2.96 bits per heavy atom. The Kier molecular flexibility index (Phi) is 4.26. The second-order valence-corrected chi connectivity index (χ2v) is 7.93. The Balaban J connectivity index is 1.41. The molecule has 130 valence electrons. The first-order chi connectivity index (χ1) is 12.1. The summed E-state index contributed by atoms with van der Waals surface area (Å²) in [5, 5.41) is 5.16. The standard InChI is InChI=1S/C16H16N4O3S2/c21-12(17-6-8-7-24-16(23)18-8)5-4-11-19-14(22)13-9-2-1-3-10(9)25-15(13)20-11/h7H,1-6H2,(H,17,21)(H,18,23)(H,19,20,22). The van der Waals surface area contributed by atoms with Crippen LogP contribution in [0.15, 0.2) is 15.0 Å². The van der Waals surface area contributed by atoms with Gasteiger partial charge < -0.3 is 15.3 Å². The minimum Gasteiger partial charge on any atom is -0.350 e. The van der Waals surface area contributed by atoms with E-state index in [2.05, 4.69) is 20.3 Å². The van der Waals surface area contributed by atoms with Crippen LogP contribution < -0.4 is 15.7 Å². The molecule has 0 bridgehead atoms. The lowest BCUT2D eigenvalue weighted by molar-refractivity contribution is -0.121. The van der Waals surface area contributed by atoms with E-state index < -0.39 is 0 Å². The monoisotopic (exact) mass is 376 g/mol. The van der Waals surface area contributed by atoms with Crippen molar-refractivity contribution in [2.24, 2.45) is 0 Å². The van der Waals surface area contributed by atoms with Crippen LogP contribution in [0.2, 0.25) is 0 Å². The summed E-state index contributed by atoms with van der Waals surface area (Å²) in [7, 11) is 0. The molecule has 25 heavy (non-hydrogen) atoms. The van der Waals surface area contributed by atoms with E-state index in [0.717, 1.165) is 46.4 Å². The van der Waals surface area contributed by atoms with Gasteiger partial charge in [0, 0.05) is 28.8 Å². The van der Waals surface area contributed by atoms with Crippen LogP contribution >= 0.6 is 22.7 Å². The van der Waals surface area contributed by atoms with Gasteiger partial charge in [-0.3, -0.25) is 14.4 Å². The number of carbonyl (C=O) groups is 1. The van der Waals surface area contributed by atoms with E-state index in [4.69, 9.17) is 0 Å². The molecule has 3 heterocycles. The smallest absolute Gasteiger partial charge is 0.304 e. The van der Waals surface area contributed by atoms with Gasteiger partial charge in [-0.15, -0.1) is 11.3 Å². The van der Waals surface area contributed by atoms with E-state index in [1.165, 1.54) is 4.88 Å². The molecule has 1 aliphatic rings. The highest BCUT2D eigenvalue weighted by molar-refractivity contribution is 7.18. The van der Waals surface area contributed by atoms with Crippen molar-refractivity contribution in [1.82, 2.24) is 20.3 Å². The zero-order valence-electron chi connectivity index (χ0n) is 13.3. The van der Waals surface area contributed by atoms with Crippen LogP contribution in [-0.2, 0) is 30.6 Å². The highest BCUT2D eigenvalue weighted by Gasteiger charge is 2.21. The Morgan fingerprint density at radius 2 is 2.16 bits per heavy atom. The van der Waals surface area contributed by atoms with Crippen LogP contribution in [0.3, 0.4) is 0 Å². The van der Waals surface area contributed by atoms with E-state index in [9.17, 15) is 14.4 Å². The Hall–Kier alpha value is -2.26. The number of hydrogen-bond donors (Lipinski definition) is 3. The average Bonchev–Trinajstić information content (AvgIpc) is 3.26. The number of nitrogens with zero attached hydrogens (tertiary/aromatic N) is 1. The largest absolute Gasteiger partial charge is 0.350 e. The van der Waals surface area contributed by atoms with Crippen LogP contribution in [0, 0.1) is 0 Å². The number of aromatic amines is 2. The van der Waals surface area contributed by atoms with Gasteiger partial charge >= 0.3 is 4.87 Å². The zero-order valence-corrected chi connectivity index (χ0v) is 14.9. The van der Waals surface area contributed by atoms with Crippen molar-refractivity contribution in [1.29, 1.82) is 0 Å². The summed E-state index contributed by atoms with van der Waals surface area (Å²) in [5.74, 6) is 0.389. The molecule has 0 fully saturated rings. The molecule has 0 saturated carbocycles. The van der Waals surface area contributed by atoms with Gasteiger partial charge in [-0.2, -0.15) is 0 Å². The molecule has 9 heteroatoms. The fourth-order valence-electron chi connectivity index (χ4n) is 3.08. The van der Waals surface area contributed by atoms with Gasteiger partial charge in [-0.1, -0.05) is 11.3 Å². The van der Waals surface area contributed by atoms with Crippen molar-refractivity contribution in [3.63, 3.8) is 0 Å². The molecule has 0 radical (unpaired) electrons. The fourth-order valence-corrected chi connectivity index (χ4v) is 4.94. The van der Waals surface area contributed by atoms with Crippen LogP contribution in [-0.4, -0.2) is 20.9 Å². The summed E-state index contributed by atoms with van der Waals surface area (Å²) in [6.45, 7) is 0.290. The average molecular weight is 376 g/mol. The number of thiophene rings is 1. The van der Waals surface area contributed by atoms with Crippen LogP contribution in [0.25, 0.3) is 10.2 Å². The molecule has 4 rings (SSSR count). The van der Waals surface area contributed by atoms with E-state index in [1.807, 2.05) is 0 Å². The summed E-state index contributed by atoms with van der Waals surface area (Å²) in [6.07, 6.45) is 3.69. The number of fused-ring (bicyclic) bond motifs is 3. The fraction of sp³-hybridized carbons (Fsp3) is 0.375. The maximum Gasteiger partial charge on any atom is 0.304 e. The highest BCUT2D eigenvalue weighted by atomic mass is 32.1. The molecule has 0 spiro atoms. The van der Waals surface area contributed by atoms with Crippen LogP contribution in [0.4, 0.5) is 0 Å². The Morgan fingerprint density at radius 1 is 1.28 bits per heavy atom. The predicted molar refractivity (Wildman–Crippen MR) is 97.4 cm³/mol. The van der Waals surface area contributed by atoms with E-state index in [1.54, 1.807) is 16.7 Å². The summed E-state index contributed by atoms with van der Waals surface area (Å²) < 4.78 is 0. The summed E-state index contributed by atoms with van der Waals surface area (Å²) in [4.78, 5) is 47.2. The van der Waals surface area contributed by atoms with Gasteiger partial charge in [0.15, 0.2) is 0 Å². The lowest BCUT2D eigenvalue weighted by Crippen LogP contribution is -2.24. The summed E-state index contributed by atoms with van der Waals surface area (Å²) in [5.41, 5.74) is 1.74. The quantitative estimate of drug-likeness (QED) is 0.627. The van der Waals surface area contributed by atoms with Gasteiger partial charge in [-0.05, 0) is 24.8 Å². The zero-order chi connectivity index (χ0) is 17.4. The topological polar surface area (TPSA) is 108 Å². The number of hydrogen-bond acceptors (Lipinski definition) is 6. The highest BCUT2D eigenvalue weighted by Crippen LogP contribution is 2.34. The molecule has 1 aliphatic carbocycles. The molecule has 7 nitrogen and oxygen atoms in total. The SMILES string of the molecule is O=C(CCc1nc2sc3c(c2c(=O)[nH]1)CCC3)NCc1csc(=O)[nH]1. The minimum atomic E-state index is -0.150. The number of aryl methyl sites for hydroxylation is 3. The van der Waals surface area contributed by atoms with E-state index >= 15 is 0 Å². The normalized spacial score (nSPS) is 13.3. The molecular formula is C16H16N4O3S2. The maximum atomic E-state index is 12.4. The lowest BCUT2D eigenvalue weighted by Gasteiger charge is -2.04. The maximum absolute atomic E-state index is 12.4. The van der Waals surface area contributed by atoms with Gasteiger partial charge in [0.1, 0.15) is 10.7 Å². The molecule has 0 aromatic carbocycles. The van der Waals surface area contributed by atoms with Gasteiger partial charge in [0.2, 0.25) is 5.91 Å². The lowest BCUT2D eigenvalue weighted by atomic mass is 10.2. The molecule has 0 saturated heterocycles. The van der Waals surface area contributed by atoms with Crippen molar-refractivity contribution in [3.8, 4) is 0 Å². The third kappa shape index (κ3) is 3.29. The van der Waals surface area contributed by atoms with Gasteiger partial charge in [0.05, 0.1) is 11.9 Å². The molecule has 3 N–H and O–H groups in total. The number of carbonyl (C=O) groups excluding carboxylic acids is 1. The minimum absolute atomic E-state index is 0.101. The number of H-pyrrole nitrogens is 2. The van der Waals surface area contributed by atoms with Gasteiger partial charge in [0.25, 0.3) is 5.56 Å². The molecule has 3 aromatic rings. The molecule has 0 atom stereocenters. The first-order valence-corrected chi connectivity index (χ1v) is 9.76. The second kappa shape index (κ2) is 6.57. The summed E-state index contributed by atoms with van der Waals surface area (Å²) >= 11 is 2.66. The number of thiazole rings is 1. The predicted octanol–water partition coefficient (Wildman–Crippen LogP) is 1.47. The van der Waals surface area contributed by atoms with Crippen molar-refractivity contribution < 1.29 is 4.79 Å². The Bertz CT molecular complexity index is 1060. The van der Waals surface area contributed by atoms with Crippen molar-refractivity contribution in [2.75, 3.05) is 0 Å². The van der Waals surface area contributed by atoms with Crippen molar-refractivity contribution >= 4 is 38.8 Å². The Labute approximate surface area is 150 Å². The second-order valence-electron chi connectivity index (χ2n) is 6.00. The summed E-state index contributed by atoms with van der Waals surface area (Å²) in [6, 6.07) is 0. The number of nitrogens with one attached hydrogen (secondary N) is 3. The first-order valence-electron chi connectivity index (χ1n) is 8.07. The third-order valence-corrected chi connectivity index (χ3v) is 6.16. The van der Waals surface area contributed by atoms with E-state index in [0.29, 0.717) is 17.9 Å². The molecule has 0 unspecified atom stereocenters. The first kappa shape index (κ1) is 16.2. The molecule has 3 aromatic heterocycles. The van der Waals surface area contributed by atoms with E-state index in [-0.39, 0.29) is 29.3 Å². The van der Waals surface area contributed by atoms with Crippen molar-refractivity contribution in [2.45, 2.75) is 38.6 Å². The van der Waals surface area contributed by atoms with Crippen molar-refractivity contribution in [3.05, 3.63) is 47.4 Å². The van der Waals surface area contributed by atoms with Crippen LogP contribution in [0.1, 0.15) is 34.8 Å².